The second-order valence-corrected chi connectivity index (χ2v) is 8.50. The summed E-state index contributed by atoms with van der Waals surface area (Å²) < 4.78 is 41.5. The molecule has 2 aromatic heterocycles. The Morgan fingerprint density at radius 1 is 0.970 bits per heavy atom. The number of fused-ring (bicyclic) bond motifs is 1. The smallest absolute Gasteiger partial charge is 0.391 e. The van der Waals surface area contributed by atoms with Gasteiger partial charge in [-0.05, 0) is 35.9 Å². The molecular weight excluding hydrogens is 521 g/mol. The van der Waals surface area contributed by atoms with Crippen LogP contribution in [0, 0.1) is 0 Å². The number of rotatable bonds is 5. The van der Waals surface area contributed by atoms with Gasteiger partial charge >= 0.3 is 6.18 Å². The molecule has 0 saturated carbocycles. The number of alkyl halides is 3. The summed E-state index contributed by atoms with van der Waals surface area (Å²) in [4.78, 5) is 9.71. The maximum absolute atomic E-state index is 13.4. The number of halogens is 7. The molecule has 0 N–H and O–H groups in total. The van der Waals surface area contributed by atoms with Crippen molar-refractivity contribution in [2.45, 2.75) is 12.8 Å². The average molecular weight is 533 g/mol. The van der Waals surface area contributed by atoms with Crippen molar-refractivity contribution < 1.29 is 18.0 Å². The normalized spacial score (nSPS) is 12.1. The summed E-state index contributed by atoms with van der Waals surface area (Å²) in [5, 5.41) is 4.73. The Morgan fingerprint density at radius 3 is 2.27 bits per heavy atom. The van der Waals surface area contributed by atoms with E-state index in [-0.39, 0.29) is 44.3 Å². The van der Waals surface area contributed by atoms with Gasteiger partial charge in [0.2, 0.25) is 0 Å². The minimum absolute atomic E-state index is 0.0766. The summed E-state index contributed by atoms with van der Waals surface area (Å²) in [7, 11) is 0. The van der Waals surface area contributed by atoms with Crippen molar-refractivity contribution in [2.75, 3.05) is 0 Å². The molecule has 0 aliphatic rings. The molecule has 11 heteroatoms. The van der Waals surface area contributed by atoms with E-state index < -0.39 is 11.7 Å². The molecule has 0 saturated heterocycles. The SMILES string of the molecule is FC(F)(F)c1cc(Cl)c2c(/C=N\OCc3ccc(Cl)cc3)nc(-c3c(Cl)cccc3Cl)n2c1. The van der Waals surface area contributed by atoms with Crippen molar-refractivity contribution in [1.29, 1.82) is 0 Å². The Hall–Kier alpha value is -2.45. The second kappa shape index (κ2) is 9.43. The van der Waals surface area contributed by atoms with Crippen LogP contribution in [0.4, 0.5) is 13.2 Å². The van der Waals surface area contributed by atoms with Crippen molar-refractivity contribution in [3.63, 3.8) is 0 Å². The average Bonchev–Trinajstić information content (AvgIpc) is 3.11. The molecule has 0 radical (unpaired) electrons. The molecule has 0 fully saturated rings. The van der Waals surface area contributed by atoms with E-state index in [4.69, 9.17) is 51.2 Å². The Morgan fingerprint density at radius 2 is 1.64 bits per heavy atom. The van der Waals surface area contributed by atoms with Crippen LogP contribution in [0.2, 0.25) is 20.1 Å². The lowest BCUT2D eigenvalue weighted by Gasteiger charge is -2.11. The van der Waals surface area contributed by atoms with Crippen LogP contribution in [-0.4, -0.2) is 15.6 Å². The first kappa shape index (κ1) is 23.7. The number of benzene rings is 2. The van der Waals surface area contributed by atoms with Gasteiger partial charge in [-0.25, -0.2) is 4.98 Å². The number of hydrogen-bond donors (Lipinski definition) is 0. The fraction of sp³-hybridized carbons (Fsp3) is 0.0909. The molecule has 2 aromatic carbocycles. The summed E-state index contributed by atoms with van der Waals surface area (Å²) in [5.41, 5.74) is 0.491. The third-order valence-corrected chi connectivity index (χ3v) is 5.79. The molecule has 0 unspecified atom stereocenters. The van der Waals surface area contributed by atoms with E-state index in [1.807, 2.05) is 0 Å². The summed E-state index contributed by atoms with van der Waals surface area (Å²) >= 11 is 24.7. The van der Waals surface area contributed by atoms with Gasteiger partial charge in [0.15, 0.2) is 0 Å². The molecular formula is C22H12Cl4F3N3O. The fourth-order valence-electron chi connectivity index (χ4n) is 3.11. The van der Waals surface area contributed by atoms with Crippen LogP contribution in [0.1, 0.15) is 16.8 Å². The Kier molecular flexibility index (Phi) is 6.77. The Balaban J connectivity index is 1.79. The van der Waals surface area contributed by atoms with Crippen molar-refractivity contribution in [1.82, 2.24) is 9.38 Å². The van der Waals surface area contributed by atoms with Gasteiger partial charge in [0.25, 0.3) is 0 Å². The lowest BCUT2D eigenvalue weighted by molar-refractivity contribution is -0.137. The molecule has 0 spiro atoms. The molecule has 4 nitrogen and oxygen atoms in total. The maximum atomic E-state index is 13.4. The number of hydrogen-bond acceptors (Lipinski definition) is 3. The van der Waals surface area contributed by atoms with Gasteiger partial charge in [-0.1, -0.05) is 69.8 Å². The van der Waals surface area contributed by atoms with Gasteiger partial charge in [-0.3, -0.25) is 4.40 Å². The predicted molar refractivity (Wildman–Crippen MR) is 124 cm³/mol. The van der Waals surface area contributed by atoms with E-state index in [1.165, 1.54) is 10.6 Å². The molecule has 0 bridgehead atoms. The summed E-state index contributed by atoms with van der Waals surface area (Å²) in [6.07, 6.45) is -2.48. The predicted octanol–water partition coefficient (Wildman–Crippen LogP) is 8.18. The highest BCUT2D eigenvalue weighted by atomic mass is 35.5. The highest BCUT2D eigenvalue weighted by Crippen LogP contribution is 2.38. The molecule has 0 atom stereocenters. The third-order valence-electron chi connectivity index (χ3n) is 4.62. The van der Waals surface area contributed by atoms with E-state index in [2.05, 4.69) is 10.1 Å². The van der Waals surface area contributed by atoms with Crippen molar-refractivity contribution in [3.8, 4) is 11.4 Å². The molecule has 2 heterocycles. The maximum Gasteiger partial charge on any atom is 0.417 e. The summed E-state index contributed by atoms with van der Waals surface area (Å²) in [5.74, 6) is 0.0766. The van der Waals surface area contributed by atoms with Crippen molar-refractivity contribution >= 4 is 58.1 Å². The van der Waals surface area contributed by atoms with Crippen molar-refractivity contribution in [2.24, 2.45) is 5.16 Å². The Bertz CT molecular complexity index is 1330. The largest absolute Gasteiger partial charge is 0.417 e. The first-order chi connectivity index (χ1) is 15.6. The number of oxime groups is 1. The zero-order chi connectivity index (χ0) is 23.8. The minimum Gasteiger partial charge on any atom is -0.391 e. The van der Waals surface area contributed by atoms with Crippen LogP contribution in [0.25, 0.3) is 16.9 Å². The topological polar surface area (TPSA) is 38.9 Å². The van der Waals surface area contributed by atoms with E-state index in [0.29, 0.717) is 5.02 Å². The monoisotopic (exact) mass is 531 g/mol. The number of nitrogens with zero attached hydrogens (tertiary/aromatic N) is 3. The molecule has 4 rings (SSSR count). The molecule has 0 aliphatic carbocycles. The van der Waals surface area contributed by atoms with E-state index in [0.717, 1.165) is 17.8 Å². The molecule has 0 amide bonds. The number of aromatic nitrogens is 2. The Labute approximate surface area is 206 Å². The quantitative estimate of drug-likeness (QED) is 0.192. The van der Waals surface area contributed by atoms with Gasteiger partial charge in [0, 0.05) is 11.2 Å². The lowest BCUT2D eigenvalue weighted by atomic mass is 10.2. The standard InChI is InChI=1S/C22H12Cl4F3N3O/c23-14-6-4-12(5-7-14)11-33-30-9-18-20-17(26)8-13(22(27,28)29)10-32(20)21(31-18)19-15(24)2-1-3-16(19)25/h1-10H,11H2/b30-9-. The second-order valence-electron chi connectivity index (χ2n) is 6.84. The van der Waals surface area contributed by atoms with Gasteiger partial charge in [-0.15, -0.1) is 0 Å². The summed E-state index contributed by atoms with van der Waals surface area (Å²) in [6, 6.07) is 12.5. The van der Waals surface area contributed by atoms with Gasteiger partial charge in [-0.2, -0.15) is 13.2 Å². The van der Waals surface area contributed by atoms with Gasteiger partial charge in [0.05, 0.1) is 37.9 Å². The van der Waals surface area contributed by atoms with Gasteiger partial charge < -0.3 is 4.84 Å². The fourth-order valence-corrected chi connectivity index (χ4v) is 4.10. The minimum atomic E-state index is -4.63. The van der Waals surface area contributed by atoms with Crippen LogP contribution in [-0.2, 0) is 17.6 Å². The van der Waals surface area contributed by atoms with Crippen LogP contribution < -0.4 is 0 Å². The molecule has 4 aromatic rings. The first-order valence-electron chi connectivity index (χ1n) is 9.28. The van der Waals surface area contributed by atoms with E-state index in [1.54, 1.807) is 42.5 Å². The van der Waals surface area contributed by atoms with Crippen LogP contribution in [0.5, 0.6) is 0 Å². The van der Waals surface area contributed by atoms with Crippen LogP contribution >= 0.6 is 46.4 Å². The lowest BCUT2D eigenvalue weighted by Crippen LogP contribution is -2.07. The van der Waals surface area contributed by atoms with Crippen LogP contribution in [0.3, 0.4) is 0 Å². The highest BCUT2D eigenvalue weighted by molar-refractivity contribution is 6.39. The third kappa shape index (κ3) is 5.06. The van der Waals surface area contributed by atoms with Crippen LogP contribution in [0.15, 0.2) is 59.9 Å². The number of imidazole rings is 1. The van der Waals surface area contributed by atoms with Crippen molar-refractivity contribution in [3.05, 3.63) is 91.6 Å². The zero-order valence-corrected chi connectivity index (χ0v) is 19.4. The molecule has 33 heavy (non-hydrogen) atoms. The highest BCUT2D eigenvalue weighted by Gasteiger charge is 2.33. The van der Waals surface area contributed by atoms with Gasteiger partial charge in [0.1, 0.15) is 18.1 Å². The molecule has 0 aliphatic heterocycles. The van der Waals surface area contributed by atoms with E-state index in [9.17, 15) is 13.2 Å². The summed E-state index contributed by atoms with van der Waals surface area (Å²) in [6.45, 7) is 0.147. The first-order valence-corrected chi connectivity index (χ1v) is 10.8. The zero-order valence-electron chi connectivity index (χ0n) is 16.4. The number of pyridine rings is 1. The van der Waals surface area contributed by atoms with E-state index >= 15 is 0 Å². The molecule has 170 valence electrons.